The third-order valence-electron chi connectivity index (χ3n) is 7.55. The second-order valence-electron chi connectivity index (χ2n) is 10.8. The van der Waals surface area contributed by atoms with Crippen molar-refractivity contribution in [2.75, 3.05) is 19.1 Å². The van der Waals surface area contributed by atoms with Crippen LogP contribution in [-0.4, -0.2) is 41.6 Å². The fourth-order valence-electron chi connectivity index (χ4n) is 5.86. The highest BCUT2D eigenvalue weighted by Crippen LogP contribution is 2.59. The number of fused-ring (bicyclic) bond motifs is 3. The Morgan fingerprint density at radius 2 is 1.49 bits per heavy atom. The number of benzene rings is 3. The van der Waals surface area contributed by atoms with Gasteiger partial charge in [-0.05, 0) is 75.2 Å². The van der Waals surface area contributed by atoms with Crippen molar-refractivity contribution in [2.24, 2.45) is 0 Å². The van der Waals surface area contributed by atoms with Gasteiger partial charge in [0.2, 0.25) is 0 Å². The standard InChI is InChI=1S/C30H32N2O5/c1-28(2,3)32-25-16-15-21(37-6)17-24(25)30(27(32)34)29(4,35)23-10-8-7-9-22(23)26(33)31(30)18-19-11-13-20(36-5)14-12-19/h7-17,35H,18H2,1-6H3/t29-,30?/m0/s1. The quantitative estimate of drug-likeness (QED) is 0.566. The molecule has 0 aliphatic carbocycles. The van der Waals surface area contributed by atoms with E-state index in [4.69, 9.17) is 9.47 Å². The molecule has 0 saturated heterocycles. The van der Waals surface area contributed by atoms with Crippen LogP contribution >= 0.6 is 0 Å². The number of amides is 2. The van der Waals surface area contributed by atoms with E-state index in [0.29, 0.717) is 33.9 Å². The molecule has 0 aromatic heterocycles. The summed E-state index contributed by atoms with van der Waals surface area (Å²) >= 11 is 0. The summed E-state index contributed by atoms with van der Waals surface area (Å²) < 4.78 is 10.8. The van der Waals surface area contributed by atoms with Gasteiger partial charge in [-0.3, -0.25) is 9.59 Å². The zero-order valence-corrected chi connectivity index (χ0v) is 22.0. The zero-order valence-electron chi connectivity index (χ0n) is 22.0. The Bertz CT molecular complexity index is 1390. The number of aliphatic hydroxyl groups is 1. The third-order valence-corrected chi connectivity index (χ3v) is 7.55. The van der Waals surface area contributed by atoms with Crippen LogP contribution in [-0.2, 0) is 22.5 Å². The van der Waals surface area contributed by atoms with E-state index in [1.165, 1.54) is 4.90 Å². The van der Waals surface area contributed by atoms with Crippen molar-refractivity contribution >= 4 is 17.5 Å². The van der Waals surface area contributed by atoms with Gasteiger partial charge in [0.1, 0.15) is 17.1 Å². The molecule has 3 aromatic rings. The molecule has 7 heteroatoms. The fraction of sp³-hybridized carbons (Fsp3) is 0.333. The van der Waals surface area contributed by atoms with Gasteiger partial charge in [-0.2, -0.15) is 0 Å². The Kier molecular flexibility index (Phi) is 5.60. The van der Waals surface area contributed by atoms with Gasteiger partial charge in [-0.15, -0.1) is 0 Å². The predicted octanol–water partition coefficient (Wildman–Crippen LogP) is 4.61. The summed E-state index contributed by atoms with van der Waals surface area (Å²) in [5.41, 5.74) is -1.32. The maximum absolute atomic E-state index is 14.8. The summed E-state index contributed by atoms with van der Waals surface area (Å²) in [5, 5.41) is 12.5. The van der Waals surface area contributed by atoms with Crippen molar-refractivity contribution in [3.63, 3.8) is 0 Å². The zero-order chi connectivity index (χ0) is 26.8. The van der Waals surface area contributed by atoms with Crippen LogP contribution in [0, 0.1) is 0 Å². The highest BCUT2D eigenvalue weighted by molar-refractivity contribution is 6.14. The molecule has 7 nitrogen and oxygen atoms in total. The van der Waals surface area contributed by atoms with Crippen LogP contribution in [0.1, 0.15) is 54.7 Å². The molecule has 1 N–H and O–H groups in total. The monoisotopic (exact) mass is 500 g/mol. The highest BCUT2D eigenvalue weighted by atomic mass is 16.5. The minimum Gasteiger partial charge on any atom is -0.497 e. The molecule has 0 fully saturated rings. The molecule has 0 saturated carbocycles. The molecule has 2 heterocycles. The van der Waals surface area contributed by atoms with Crippen molar-refractivity contribution in [2.45, 2.75) is 50.9 Å². The molecule has 0 radical (unpaired) electrons. The average molecular weight is 501 g/mol. The van der Waals surface area contributed by atoms with Crippen LogP contribution < -0.4 is 14.4 Å². The molecule has 5 rings (SSSR count). The maximum Gasteiger partial charge on any atom is 0.261 e. The molecular formula is C30H32N2O5. The molecule has 1 spiro atoms. The number of anilines is 1. The van der Waals surface area contributed by atoms with Crippen molar-refractivity contribution in [3.05, 3.63) is 89.0 Å². The topological polar surface area (TPSA) is 79.3 Å². The third kappa shape index (κ3) is 3.37. The first kappa shape index (κ1) is 24.8. The fourth-order valence-corrected chi connectivity index (χ4v) is 5.86. The lowest BCUT2D eigenvalue weighted by molar-refractivity contribution is -0.154. The highest BCUT2D eigenvalue weighted by Gasteiger charge is 2.70. The Morgan fingerprint density at radius 1 is 0.865 bits per heavy atom. The molecule has 0 bridgehead atoms. The Balaban J connectivity index is 1.84. The Labute approximate surface area is 217 Å². The first-order chi connectivity index (χ1) is 17.5. The molecule has 2 aliphatic heterocycles. The summed E-state index contributed by atoms with van der Waals surface area (Å²) in [7, 11) is 3.15. The lowest BCUT2D eigenvalue weighted by Gasteiger charge is -2.53. The van der Waals surface area contributed by atoms with Gasteiger partial charge in [0.25, 0.3) is 11.8 Å². The van der Waals surface area contributed by atoms with Crippen molar-refractivity contribution < 1.29 is 24.2 Å². The van der Waals surface area contributed by atoms with Gasteiger partial charge >= 0.3 is 0 Å². The summed E-state index contributed by atoms with van der Waals surface area (Å²) in [6.45, 7) is 7.57. The normalized spacial score (nSPS) is 22.8. The second-order valence-corrected chi connectivity index (χ2v) is 10.8. The van der Waals surface area contributed by atoms with Gasteiger partial charge in [-0.25, -0.2) is 0 Å². The summed E-state index contributed by atoms with van der Waals surface area (Å²) in [4.78, 5) is 32.2. The number of rotatable bonds is 4. The first-order valence-electron chi connectivity index (χ1n) is 12.3. The van der Waals surface area contributed by atoms with Crippen LogP contribution in [0.5, 0.6) is 11.5 Å². The number of carbonyl (C=O) groups excluding carboxylic acids is 2. The maximum atomic E-state index is 14.8. The number of carbonyl (C=O) groups is 2. The molecule has 3 aromatic carbocycles. The number of hydrogen-bond donors (Lipinski definition) is 1. The molecule has 1 unspecified atom stereocenters. The van der Waals surface area contributed by atoms with Gasteiger partial charge in [0.05, 0.1) is 19.9 Å². The van der Waals surface area contributed by atoms with Gasteiger partial charge in [-0.1, -0.05) is 30.3 Å². The van der Waals surface area contributed by atoms with Crippen LogP contribution in [0.2, 0.25) is 0 Å². The van der Waals surface area contributed by atoms with Gasteiger partial charge in [0.15, 0.2) is 5.54 Å². The van der Waals surface area contributed by atoms with Gasteiger partial charge in [0, 0.05) is 23.2 Å². The number of ether oxygens (including phenoxy) is 2. The van der Waals surface area contributed by atoms with Crippen LogP contribution in [0.15, 0.2) is 66.7 Å². The minimum absolute atomic E-state index is 0.105. The molecule has 2 aliphatic rings. The van der Waals surface area contributed by atoms with E-state index in [1.807, 2.05) is 51.1 Å². The lowest BCUT2D eigenvalue weighted by Crippen LogP contribution is -2.68. The van der Waals surface area contributed by atoms with Crippen LogP contribution in [0.3, 0.4) is 0 Å². The Morgan fingerprint density at radius 3 is 2.11 bits per heavy atom. The summed E-state index contributed by atoms with van der Waals surface area (Å²) in [6.07, 6.45) is 0. The van der Waals surface area contributed by atoms with E-state index < -0.39 is 16.7 Å². The van der Waals surface area contributed by atoms with Gasteiger partial charge < -0.3 is 24.4 Å². The van der Waals surface area contributed by atoms with E-state index >= 15 is 0 Å². The second kappa shape index (κ2) is 8.35. The molecule has 2 amide bonds. The molecule has 2 atom stereocenters. The van der Waals surface area contributed by atoms with E-state index in [0.717, 1.165) is 5.56 Å². The van der Waals surface area contributed by atoms with E-state index in [1.54, 1.807) is 62.4 Å². The van der Waals surface area contributed by atoms with E-state index in [-0.39, 0.29) is 18.4 Å². The predicted molar refractivity (Wildman–Crippen MR) is 141 cm³/mol. The SMILES string of the molecule is COc1ccc(CN2C(=O)c3ccccc3[C@](C)(O)C23C(=O)N(C(C)(C)C)c2ccc(OC)cc23)cc1. The van der Waals surface area contributed by atoms with Crippen LogP contribution in [0.4, 0.5) is 5.69 Å². The molecule has 192 valence electrons. The largest absolute Gasteiger partial charge is 0.497 e. The van der Waals surface area contributed by atoms with Crippen LogP contribution in [0.25, 0.3) is 0 Å². The number of methoxy groups -OCH3 is 2. The van der Waals surface area contributed by atoms with Crippen molar-refractivity contribution in [3.8, 4) is 11.5 Å². The first-order valence-corrected chi connectivity index (χ1v) is 12.3. The van der Waals surface area contributed by atoms with Crippen molar-refractivity contribution in [1.29, 1.82) is 0 Å². The summed E-state index contributed by atoms with van der Waals surface area (Å²) in [6, 6.07) is 19.7. The summed E-state index contributed by atoms with van der Waals surface area (Å²) in [5.74, 6) is 0.542. The van der Waals surface area contributed by atoms with E-state index in [9.17, 15) is 14.7 Å². The minimum atomic E-state index is -1.75. The average Bonchev–Trinajstić information content (AvgIpc) is 3.15. The Hall–Kier alpha value is -3.84. The smallest absolute Gasteiger partial charge is 0.261 e. The lowest BCUT2D eigenvalue weighted by atomic mass is 9.66. The number of nitrogens with zero attached hydrogens (tertiary/aromatic N) is 2. The molecular weight excluding hydrogens is 468 g/mol. The molecule has 37 heavy (non-hydrogen) atoms. The van der Waals surface area contributed by atoms with Crippen molar-refractivity contribution in [1.82, 2.24) is 4.90 Å². The number of hydrogen-bond acceptors (Lipinski definition) is 5. The van der Waals surface area contributed by atoms with E-state index in [2.05, 4.69) is 0 Å².